The van der Waals surface area contributed by atoms with Gasteiger partial charge in [-0.2, -0.15) is 26.3 Å². The second kappa shape index (κ2) is 4.28. The molecule has 19 heavy (non-hydrogen) atoms. The summed E-state index contributed by atoms with van der Waals surface area (Å²) in [5.41, 5.74) is -5.91. The van der Waals surface area contributed by atoms with E-state index in [-0.39, 0.29) is 0 Å². The third kappa shape index (κ3) is 1.59. The fourth-order valence-corrected chi connectivity index (χ4v) is 2.76. The average Bonchev–Trinajstić information content (AvgIpc) is 2.33. The van der Waals surface area contributed by atoms with Gasteiger partial charge < -0.3 is 5.73 Å². The first-order valence-electron chi connectivity index (χ1n) is 4.69. The lowest BCUT2D eigenvalue weighted by Gasteiger charge is -2.52. The third-order valence-electron chi connectivity index (χ3n) is 3.14. The summed E-state index contributed by atoms with van der Waals surface area (Å²) in [5.74, 6) is -17.8. The molecule has 0 aromatic carbocycles. The molecular weight excluding hydrogens is 408 g/mol. The van der Waals surface area contributed by atoms with E-state index in [0.717, 1.165) is 0 Å². The lowest BCUT2D eigenvalue weighted by Crippen LogP contribution is -2.83. The Hall–Kier alpha value is 0.0600. The highest BCUT2D eigenvalue weighted by atomic mass is 127. The maximum atomic E-state index is 13.6. The second-order valence-corrected chi connectivity index (χ2v) is 4.90. The Morgan fingerprint density at radius 2 is 1.32 bits per heavy atom. The topological polar surface area (TPSA) is 26.0 Å². The van der Waals surface area contributed by atoms with Crippen LogP contribution in [-0.2, 0) is 0 Å². The minimum atomic E-state index is -6.12. The van der Waals surface area contributed by atoms with E-state index < -0.39 is 46.2 Å². The fraction of sp³-hybridized carbons (Fsp3) is 1.00. The van der Waals surface area contributed by atoms with Crippen LogP contribution in [0.2, 0.25) is 0 Å². The van der Waals surface area contributed by atoms with Crippen molar-refractivity contribution in [1.82, 2.24) is 0 Å². The number of halogens is 10. The summed E-state index contributed by atoms with van der Waals surface area (Å²) < 4.78 is 118. The van der Waals surface area contributed by atoms with E-state index in [1.54, 1.807) is 0 Å². The number of rotatable bonds is 2. The maximum absolute atomic E-state index is 13.6. The molecule has 1 saturated carbocycles. The van der Waals surface area contributed by atoms with E-state index in [4.69, 9.17) is 0 Å². The van der Waals surface area contributed by atoms with E-state index in [2.05, 4.69) is 5.73 Å². The predicted octanol–water partition coefficient (Wildman–Crippen LogP) is 3.05. The molecule has 0 aromatic heterocycles. The molecule has 0 aliphatic heterocycles. The molecule has 0 radical (unpaired) electrons. The Bertz CT molecular complexity index is 375. The first kappa shape index (κ1) is 17.1. The lowest BCUT2D eigenvalue weighted by atomic mass is 9.69. The van der Waals surface area contributed by atoms with Gasteiger partial charge >= 0.3 is 17.8 Å². The summed E-state index contributed by atoms with van der Waals surface area (Å²) >= 11 is 0.636. The smallest absolute Gasteiger partial charge is 0.327 e. The van der Waals surface area contributed by atoms with Crippen LogP contribution in [0.3, 0.4) is 0 Å². The van der Waals surface area contributed by atoms with Crippen LogP contribution in [0.25, 0.3) is 0 Å². The summed E-state index contributed by atoms with van der Waals surface area (Å²) in [7, 11) is 0. The van der Waals surface area contributed by atoms with Crippen molar-refractivity contribution in [3.63, 3.8) is 0 Å². The highest BCUT2D eigenvalue weighted by molar-refractivity contribution is 14.1. The molecule has 0 heterocycles. The molecule has 1 nitrogen and oxygen atoms in total. The van der Waals surface area contributed by atoms with Crippen molar-refractivity contribution < 1.29 is 39.5 Å². The summed E-state index contributed by atoms with van der Waals surface area (Å²) in [6, 6.07) is 0. The van der Waals surface area contributed by atoms with Crippen LogP contribution in [0, 0.1) is 0 Å². The molecule has 3 unspecified atom stereocenters. The molecule has 11 heteroatoms. The number of alkyl halides is 10. The molecule has 114 valence electrons. The molecule has 1 rings (SSSR count). The maximum Gasteiger partial charge on any atom is 0.353 e. The zero-order chi connectivity index (χ0) is 15.5. The van der Waals surface area contributed by atoms with Gasteiger partial charge in [0.15, 0.2) is 0 Å². The minimum absolute atomic E-state index is 0.636. The molecule has 1 aliphatic carbocycles. The normalized spacial score (nSPS) is 44.1. The molecule has 0 bridgehead atoms. The van der Waals surface area contributed by atoms with Gasteiger partial charge in [-0.25, -0.2) is 13.2 Å². The Morgan fingerprint density at radius 3 is 1.63 bits per heavy atom. The average molecular weight is 415 g/mol. The Kier molecular flexibility index (Phi) is 3.85. The van der Waals surface area contributed by atoms with Crippen molar-refractivity contribution in [2.45, 2.75) is 35.3 Å². The largest absolute Gasteiger partial charge is 0.353 e. The molecule has 1 aliphatic rings. The van der Waals surface area contributed by atoms with Crippen LogP contribution in [0.15, 0.2) is 0 Å². The van der Waals surface area contributed by atoms with E-state index >= 15 is 0 Å². The Morgan fingerprint density at radius 1 is 0.895 bits per heavy atom. The molecule has 0 saturated heterocycles. The van der Waals surface area contributed by atoms with Crippen molar-refractivity contribution in [2.24, 2.45) is 5.73 Å². The highest BCUT2D eigenvalue weighted by Gasteiger charge is 2.92. The van der Waals surface area contributed by atoms with Gasteiger partial charge in [-0.1, -0.05) is 22.6 Å². The zero-order valence-electron chi connectivity index (χ0n) is 8.85. The zero-order valence-corrected chi connectivity index (χ0v) is 11.0. The van der Waals surface area contributed by atoms with Crippen molar-refractivity contribution in [3.8, 4) is 0 Å². The molecular formula is C8H7F9IN. The lowest BCUT2D eigenvalue weighted by molar-refractivity contribution is -0.403. The molecule has 0 aromatic rings. The molecule has 0 spiro atoms. The number of hydrogen-bond acceptors (Lipinski definition) is 1. The molecule has 1 fully saturated rings. The minimum Gasteiger partial charge on any atom is -0.327 e. The van der Waals surface area contributed by atoms with Gasteiger partial charge in [-0.3, -0.25) is 0 Å². The first-order chi connectivity index (χ1) is 8.28. The van der Waals surface area contributed by atoms with E-state index in [1.807, 2.05) is 0 Å². The second-order valence-electron chi connectivity index (χ2n) is 4.14. The quantitative estimate of drug-likeness (QED) is 0.419. The van der Waals surface area contributed by atoms with Crippen LogP contribution in [-0.4, -0.2) is 46.2 Å². The van der Waals surface area contributed by atoms with Crippen LogP contribution < -0.4 is 5.73 Å². The summed E-state index contributed by atoms with van der Waals surface area (Å²) in [6.45, 7) is -2.15. The van der Waals surface area contributed by atoms with Crippen LogP contribution in [0.5, 0.6) is 0 Å². The fourth-order valence-electron chi connectivity index (χ4n) is 1.77. The van der Waals surface area contributed by atoms with Gasteiger partial charge in [0.05, 0.1) is 0 Å². The van der Waals surface area contributed by atoms with Gasteiger partial charge in [0.2, 0.25) is 11.8 Å². The van der Waals surface area contributed by atoms with Crippen LogP contribution >= 0.6 is 22.6 Å². The molecule has 0 amide bonds. The number of hydrogen-bond donors (Lipinski definition) is 1. The van der Waals surface area contributed by atoms with Gasteiger partial charge in [-0.15, -0.1) is 0 Å². The van der Waals surface area contributed by atoms with Crippen molar-refractivity contribution in [1.29, 1.82) is 0 Å². The van der Waals surface area contributed by atoms with Crippen LogP contribution in [0.1, 0.15) is 0 Å². The summed E-state index contributed by atoms with van der Waals surface area (Å²) in [5, 5.41) is 0. The van der Waals surface area contributed by atoms with E-state index in [1.165, 1.54) is 0 Å². The van der Waals surface area contributed by atoms with Gasteiger partial charge in [0.25, 0.3) is 5.67 Å². The highest BCUT2D eigenvalue weighted by Crippen LogP contribution is 2.64. The third-order valence-corrected chi connectivity index (χ3v) is 4.19. The Balaban J connectivity index is 3.65. The van der Waals surface area contributed by atoms with E-state index in [9.17, 15) is 39.5 Å². The summed E-state index contributed by atoms with van der Waals surface area (Å²) in [4.78, 5) is 0. The van der Waals surface area contributed by atoms with Gasteiger partial charge in [-0.05, 0) is 0 Å². The predicted molar refractivity (Wildman–Crippen MR) is 55.4 cm³/mol. The Labute approximate surface area is 114 Å². The molecule has 2 N–H and O–H groups in total. The number of nitrogens with two attached hydrogens (primary N) is 1. The van der Waals surface area contributed by atoms with Gasteiger partial charge in [0.1, 0.15) is 0 Å². The van der Waals surface area contributed by atoms with E-state index in [0.29, 0.717) is 22.6 Å². The van der Waals surface area contributed by atoms with Crippen molar-refractivity contribution >= 4 is 22.6 Å². The van der Waals surface area contributed by atoms with Gasteiger partial charge in [0, 0.05) is 11.0 Å². The monoisotopic (exact) mass is 415 g/mol. The summed E-state index contributed by atoms with van der Waals surface area (Å²) in [6.07, 6.45) is -4.50. The van der Waals surface area contributed by atoms with Crippen LogP contribution in [0.4, 0.5) is 39.5 Å². The molecule has 3 atom stereocenters. The van der Waals surface area contributed by atoms with Crippen molar-refractivity contribution in [3.05, 3.63) is 0 Å². The van der Waals surface area contributed by atoms with Crippen molar-refractivity contribution in [2.75, 3.05) is 11.0 Å². The SMILES string of the molecule is NCC1(F)C(F)C(F)(F)C(F)(CI)C(F)(F)C1(F)F. The standard InChI is InChI=1S/C8H7F9IN/c9-3-4(10,2-19)7(14,15)8(16,17)5(11,1-18)6(3,12)13/h3H,1-2,19H2. The first-order valence-corrected chi connectivity index (χ1v) is 6.22.